The first-order valence-corrected chi connectivity index (χ1v) is 8.75. The molecule has 114 valence electrons. The minimum absolute atomic E-state index is 0.0729. The summed E-state index contributed by atoms with van der Waals surface area (Å²) in [6.45, 7) is 5.47. The van der Waals surface area contributed by atoms with E-state index in [0.29, 0.717) is 12.8 Å². The third-order valence-corrected chi connectivity index (χ3v) is 6.64. The fourth-order valence-corrected chi connectivity index (χ4v) is 4.95. The van der Waals surface area contributed by atoms with Crippen molar-refractivity contribution in [3.63, 3.8) is 0 Å². The molecule has 2 unspecified atom stereocenters. The molecule has 2 aliphatic carbocycles. The zero-order valence-corrected chi connectivity index (χ0v) is 13.0. The van der Waals surface area contributed by atoms with E-state index in [1.165, 1.54) is 0 Å². The van der Waals surface area contributed by atoms with Crippen molar-refractivity contribution in [3.05, 3.63) is 12.7 Å². The summed E-state index contributed by atoms with van der Waals surface area (Å²) in [5.74, 6) is -0.299. The molecule has 0 aromatic rings. The number of nitrogens with one attached hydrogen (secondary N) is 2. The minimum Gasteiger partial charge on any atom is -0.316 e. The first-order chi connectivity index (χ1) is 9.35. The van der Waals surface area contributed by atoms with Gasteiger partial charge in [0, 0.05) is 6.04 Å². The summed E-state index contributed by atoms with van der Waals surface area (Å²) in [7, 11) is -1.84. The molecule has 0 heterocycles. The van der Waals surface area contributed by atoms with Crippen molar-refractivity contribution in [1.29, 1.82) is 0 Å². The van der Waals surface area contributed by atoms with Crippen LogP contribution in [0, 0.1) is 11.3 Å². The van der Waals surface area contributed by atoms with Gasteiger partial charge in [-0.1, -0.05) is 25.8 Å². The van der Waals surface area contributed by atoms with Crippen LogP contribution >= 0.6 is 0 Å². The summed E-state index contributed by atoms with van der Waals surface area (Å²) in [6, 6.07) is -0.0729. The molecular formula is C14H24N2O3S. The summed E-state index contributed by atoms with van der Waals surface area (Å²) in [5, 5.41) is 2.54. The van der Waals surface area contributed by atoms with E-state index in [2.05, 4.69) is 16.6 Å². The van der Waals surface area contributed by atoms with Crippen LogP contribution in [0.15, 0.2) is 12.7 Å². The van der Waals surface area contributed by atoms with Gasteiger partial charge in [0.1, 0.15) is 0 Å². The van der Waals surface area contributed by atoms with Crippen LogP contribution < -0.4 is 10.0 Å². The van der Waals surface area contributed by atoms with Crippen LogP contribution in [-0.2, 0) is 14.8 Å². The molecular weight excluding hydrogens is 276 g/mol. The van der Waals surface area contributed by atoms with E-state index >= 15 is 0 Å². The molecule has 2 rings (SSSR count). The highest BCUT2D eigenvalue weighted by Crippen LogP contribution is 2.53. The second-order valence-corrected chi connectivity index (χ2v) is 8.06. The molecule has 6 heteroatoms. The lowest BCUT2D eigenvalue weighted by Gasteiger charge is -2.31. The van der Waals surface area contributed by atoms with Gasteiger partial charge in [-0.25, -0.2) is 8.42 Å². The standard InChI is InChI=1S/C14H24N2O3S/c1-4-10-9-14(10,2)13(17)16-20(18,19)12-8-6-5-7-11(12)15-3/h4,10-12,15H,1,5-9H2,2-3H3,(H,16,17)/t10-,11?,12?,14+/m1/s1. The Balaban J connectivity index is 2.07. The molecule has 2 aliphatic rings. The molecule has 2 fully saturated rings. The number of hydrogen-bond donors (Lipinski definition) is 2. The van der Waals surface area contributed by atoms with Crippen LogP contribution in [0.5, 0.6) is 0 Å². The monoisotopic (exact) mass is 300 g/mol. The summed E-state index contributed by atoms with van der Waals surface area (Å²) in [5.41, 5.74) is -0.599. The Labute approximate surface area is 121 Å². The van der Waals surface area contributed by atoms with Crippen LogP contribution in [0.1, 0.15) is 39.0 Å². The fourth-order valence-electron chi connectivity index (χ4n) is 3.12. The Kier molecular flexibility index (Phi) is 4.25. The fraction of sp³-hybridized carbons (Fsp3) is 0.786. The maximum atomic E-state index is 12.4. The van der Waals surface area contributed by atoms with Gasteiger partial charge in [-0.3, -0.25) is 9.52 Å². The average Bonchev–Trinajstić information content (AvgIpc) is 3.11. The molecule has 20 heavy (non-hydrogen) atoms. The Bertz CT molecular complexity index is 503. The molecule has 5 nitrogen and oxygen atoms in total. The molecule has 0 aliphatic heterocycles. The first kappa shape index (κ1) is 15.5. The Morgan fingerprint density at radius 3 is 2.55 bits per heavy atom. The van der Waals surface area contributed by atoms with Gasteiger partial charge in [-0.05, 0) is 32.2 Å². The molecule has 0 radical (unpaired) electrons. The van der Waals surface area contributed by atoms with Gasteiger partial charge < -0.3 is 5.32 Å². The van der Waals surface area contributed by atoms with Gasteiger partial charge in [0.25, 0.3) is 0 Å². The van der Waals surface area contributed by atoms with E-state index in [4.69, 9.17) is 0 Å². The lowest BCUT2D eigenvalue weighted by molar-refractivity contribution is -0.124. The highest BCUT2D eigenvalue weighted by molar-refractivity contribution is 7.90. The van der Waals surface area contributed by atoms with E-state index < -0.39 is 20.7 Å². The van der Waals surface area contributed by atoms with Crippen molar-refractivity contribution in [2.24, 2.45) is 11.3 Å². The number of rotatable bonds is 5. The molecule has 1 amide bonds. The number of carbonyl (C=O) groups is 1. The van der Waals surface area contributed by atoms with Crippen LogP contribution in [0.25, 0.3) is 0 Å². The maximum absolute atomic E-state index is 12.4. The van der Waals surface area contributed by atoms with Crippen molar-refractivity contribution in [1.82, 2.24) is 10.0 Å². The van der Waals surface area contributed by atoms with Crippen LogP contribution in [0.3, 0.4) is 0 Å². The van der Waals surface area contributed by atoms with E-state index in [1.807, 2.05) is 0 Å². The second-order valence-electron chi connectivity index (χ2n) is 6.16. The highest BCUT2D eigenvalue weighted by Gasteiger charge is 2.55. The molecule has 0 spiro atoms. The predicted octanol–water partition coefficient (Wildman–Crippen LogP) is 1.18. The van der Waals surface area contributed by atoms with Crippen LogP contribution in [0.2, 0.25) is 0 Å². The highest BCUT2D eigenvalue weighted by atomic mass is 32.2. The third-order valence-electron chi connectivity index (χ3n) is 4.81. The third kappa shape index (κ3) is 2.76. The summed E-state index contributed by atoms with van der Waals surface area (Å²) < 4.78 is 27.2. The van der Waals surface area contributed by atoms with Crippen molar-refractivity contribution in [2.75, 3.05) is 7.05 Å². The van der Waals surface area contributed by atoms with Crippen LogP contribution in [0.4, 0.5) is 0 Å². The molecule has 4 atom stereocenters. The quantitative estimate of drug-likeness (QED) is 0.748. The molecule has 0 saturated heterocycles. The number of carbonyl (C=O) groups excluding carboxylic acids is 1. The number of sulfonamides is 1. The Morgan fingerprint density at radius 1 is 1.35 bits per heavy atom. The molecule has 2 saturated carbocycles. The van der Waals surface area contributed by atoms with Gasteiger partial charge in [0.05, 0.1) is 10.7 Å². The minimum atomic E-state index is -3.61. The maximum Gasteiger partial charge on any atom is 0.239 e. The van der Waals surface area contributed by atoms with Gasteiger partial charge >= 0.3 is 0 Å². The topological polar surface area (TPSA) is 75.3 Å². The number of hydrogen-bond acceptors (Lipinski definition) is 4. The summed E-state index contributed by atoms with van der Waals surface area (Å²) in [6.07, 6.45) is 5.77. The van der Waals surface area contributed by atoms with E-state index in [9.17, 15) is 13.2 Å². The van der Waals surface area contributed by atoms with Crippen LogP contribution in [-0.4, -0.2) is 32.7 Å². The smallest absolute Gasteiger partial charge is 0.239 e. The van der Waals surface area contributed by atoms with E-state index in [0.717, 1.165) is 19.3 Å². The lowest BCUT2D eigenvalue weighted by atomic mass is 9.95. The molecule has 0 bridgehead atoms. The van der Waals surface area contributed by atoms with Crippen molar-refractivity contribution < 1.29 is 13.2 Å². The second kappa shape index (κ2) is 5.48. The SMILES string of the molecule is C=C[C@@H]1C[C@]1(C)C(=O)NS(=O)(=O)C1CCCCC1NC. The summed E-state index contributed by atoms with van der Waals surface area (Å²) >= 11 is 0. The predicted molar refractivity (Wildman–Crippen MR) is 78.6 cm³/mol. The zero-order valence-electron chi connectivity index (χ0n) is 12.2. The molecule has 2 N–H and O–H groups in total. The lowest BCUT2D eigenvalue weighted by Crippen LogP contribution is -2.51. The Morgan fingerprint density at radius 2 is 2.00 bits per heavy atom. The Hall–Kier alpha value is -0.880. The largest absolute Gasteiger partial charge is 0.316 e. The normalized spacial score (nSPS) is 37.2. The van der Waals surface area contributed by atoms with Gasteiger partial charge in [-0.15, -0.1) is 6.58 Å². The molecule has 0 aromatic carbocycles. The number of allylic oxidation sites excluding steroid dienone is 1. The van der Waals surface area contributed by atoms with Gasteiger partial charge in [0.2, 0.25) is 15.9 Å². The molecule has 0 aromatic heterocycles. The number of amides is 1. The van der Waals surface area contributed by atoms with Crippen molar-refractivity contribution in [3.8, 4) is 0 Å². The average molecular weight is 300 g/mol. The first-order valence-electron chi connectivity index (χ1n) is 7.21. The summed E-state index contributed by atoms with van der Waals surface area (Å²) in [4.78, 5) is 12.2. The van der Waals surface area contributed by atoms with E-state index in [1.54, 1.807) is 20.0 Å². The van der Waals surface area contributed by atoms with Gasteiger partial charge in [-0.2, -0.15) is 0 Å². The zero-order chi connectivity index (χ0) is 15.0. The van der Waals surface area contributed by atoms with E-state index in [-0.39, 0.29) is 17.9 Å². The van der Waals surface area contributed by atoms with Crippen molar-refractivity contribution >= 4 is 15.9 Å². The van der Waals surface area contributed by atoms with Gasteiger partial charge in [0.15, 0.2) is 0 Å². The van der Waals surface area contributed by atoms with Crippen molar-refractivity contribution in [2.45, 2.75) is 50.3 Å².